The quantitative estimate of drug-likeness (QED) is 0.876. The van der Waals surface area contributed by atoms with Gasteiger partial charge >= 0.3 is 5.97 Å². The van der Waals surface area contributed by atoms with E-state index in [1.807, 2.05) is 23.1 Å². The Morgan fingerprint density at radius 2 is 2.15 bits per heavy atom. The van der Waals surface area contributed by atoms with Crippen molar-refractivity contribution in [1.29, 1.82) is 0 Å². The molecule has 1 aromatic rings. The molecule has 0 aliphatic heterocycles. The minimum absolute atomic E-state index is 0.0777. The van der Waals surface area contributed by atoms with Crippen molar-refractivity contribution in [3.63, 3.8) is 0 Å². The topological polar surface area (TPSA) is 49.8 Å². The van der Waals surface area contributed by atoms with Gasteiger partial charge in [-0.2, -0.15) is 0 Å². The van der Waals surface area contributed by atoms with Crippen LogP contribution in [0.5, 0.6) is 5.75 Å². The Bertz CT molecular complexity index is 472. The maximum atomic E-state index is 11.0. The summed E-state index contributed by atoms with van der Waals surface area (Å²) in [6, 6.07) is 5.98. The molecular formula is C15H20ClNO3. The molecule has 0 spiro atoms. The predicted octanol–water partition coefficient (Wildman–Crippen LogP) is 3.18. The first-order chi connectivity index (χ1) is 9.60. The Kier molecular flexibility index (Phi) is 5.26. The predicted molar refractivity (Wildman–Crippen MR) is 78.3 cm³/mol. The number of ether oxygens (including phenoxy) is 1. The minimum Gasteiger partial charge on any atom is -0.495 e. The number of aliphatic carboxylic acids is 1. The van der Waals surface area contributed by atoms with Gasteiger partial charge in [0.2, 0.25) is 0 Å². The van der Waals surface area contributed by atoms with Crippen LogP contribution in [0.1, 0.15) is 31.2 Å². The monoisotopic (exact) mass is 297 g/mol. The molecule has 4 nitrogen and oxygen atoms in total. The number of nitrogens with zero attached hydrogens (tertiary/aromatic N) is 1. The van der Waals surface area contributed by atoms with Gasteiger partial charge in [0.25, 0.3) is 0 Å². The number of carboxylic acid groups (broad SMARTS) is 1. The lowest BCUT2D eigenvalue weighted by molar-refractivity contribution is -0.139. The van der Waals surface area contributed by atoms with Crippen molar-refractivity contribution in [3.05, 3.63) is 28.8 Å². The van der Waals surface area contributed by atoms with Gasteiger partial charge in [0, 0.05) is 12.6 Å². The van der Waals surface area contributed by atoms with E-state index in [2.05, 4.69) is 0 Å². The van der Waals surface area contributed by atoms with Crippen LogP contribution >= 0.6 is 11.6 Å². The molecule has 0 amide bonds. The van der Waals surface area contributed by atoms with Gasteiger partial charge in [-0.05, 0) is 30.5 Å². The van der Waals surface area contributed by atoms with Crippen LogP contribution in [0.15, 0.2) is 18.2 Å². The first kappa shape index (κ1) is 15.1. The van der Waals surface area contributed by atoms with Gasteiger partial charge in [0.1, 0.15) is 5.75 Å². The highest BCUT2D eigenvalue weighted by Crippen LogP contribution is 2.28. The minimum atomic E-state index is -0.781. The maximum Gasteiger partial charge on any atom is 0.317 e. The third-order valence-electron chi connectivity index (χ3n) is 3.78. The lowest BCUT2D eigenvalue weighted by Crippen LogP contribution is -2.37. The van der Waals surface area contributed by atoms with Crippen molar-refractivity contribution in [2.75, 3.05) is 13.7 Å². The van der Waals surface area contributed by atoms with Crippen molar-refractivity contribution >= 4 is 17.6 Å². The van der Waals surface area contributed by atoms with Crippen molar-refractivity contribution in [1.82, 2.24) is 4.90 Å². The molecule has 0 bridgehead atoms. The van der Waals surface area contributed by atoms with E-state index >= 15 is 0 Å². The van der Waals surface area contributed by atoms with Gasteiger partial charge in [-0.15, -0.1) is 0 Å². The lowest BCUT2D eigenvalue weighted by atomic mass is 10.1. The zero-order chi connectivity index (χ0) is 14.5. The zero-order valence-corrected chi connectivity index (χ0v) is 12.4. The molecule has 1 aromatic carbocycles. The molecule has 1 N–H and O–H groups in total. The van der Waals surface area contributed by atoms with Crippen LogP contribution in [0.4, 0.5) is 0 Å². The number of benzene rings is 1. The Labute approximate surface area is 124 Å². The van der Waals surface area contributed by atoms with Crippen molar-refractivity contribution < 1.29 is 14.6 Å². The van der Waals surface area contributed by atoms with Gasteiger partial charge < -0.3 is 9.84 Å². The number of hydrogen-bond acceptors (Lipinski definition) is 3. The summed E-state index contributed by atoms with van der Waals surface area (Å²) in [5.41, 5.74) is 1.02. The van der Waals surface area contributed by atoms with Crippen LogP contribution in [-0.2, 0) is 11.3 Å². The van der Waals surface area contributed by atoms with E-state index in [-0.39, 0.29) is 6.54 Å². The van der Waals surface area contributed by atoms with Crippen molar-refractivity contribution in [3.8, 4) is 5.75 Å². The summed E-state index contributed by atoms with van der Waals surface area (Å²) >= 11 is 6.12. The number of halogens is 1. The lowest BCUT2D eigenvalue weighted by Gasteiger charge is -2.27. The van der Waals surface area contributed by atoms with E-state index in [4.69, 9.17) is 21.4 Å². The maximum absolute atomic E-state index is 11.0. The van der Waals surface area contributed by atoms with Crippen LogP contribution in [0.3, 0.4) is 0 Å². The first-order valence-electron chi connectivity index (χ1n) is 6.88. The molecule has 110 valence electrons. The fourth-order valence-electron chi connectivity index (χ4n) is 2.80. The number of rotatable bonds is 6. The third-order valence-corrected chi connectivity index (χ3v) is 4.08. The molecule has 0 aromatic heterocycles. The zero-order valence-electron chi connectivity index (χ0n) is 11.6. The van der Waals surface area contributed by atoms with Gasteiger partial charge in [-0.1, -0.05) is 30.5 Å². The molecular weight excluding hydrogens is 278 g/mol. The number of methoxy groups -OCH3 is 1. The largest absolute Gasteiger partial charge is 0.495 e. The van der Waals surface area contributed by atoms with E-state index in [0.717, 1.165) is 18.4 Å². The third kappa shape index (κ3) is 3.87. The molecule has 1 aliphatic rings. The summed E-state index contributed by atoms with van der Waals surface area (Å²) in [7, 11) is 1.58. The van der Waals surface area contributed by atoms with Crippen LogP contribution in [0.25, 0.3) is 0 Å². The van der Waals surface area contributed by atoms with Crippen LogP contribution in [-0.4, -0.2) is 35.7 Å². The van der Waals surface area contributed by atoms with Gasteiger partial charge in [-0.3, -0.25) is 9.69 Å². The molecule has 0 saturated heterocycles. The summed E-state index contributed by atoms with van der Waals surface area (Å²) in [4.78, 5) is 13.1. The summed E-state index contributed by atoms with van der Waals surface area (Å²) in [6.07, 6.45) is 4.53. The normalized spacial score (nSPS) is 15.8. The second-order valence-electron chi connectivity index (χ2n) is 5.21. The summed E-state index contributed by atoms with van der Waals surface area (Å²) in [6.45, 7) is 0.689. The Balaban J connectivity index is 2.10. The molecule has 0 heterocycles. The van der Waals surface area contributed by atoms with E-state index in [9.17, 15) is 4.79 Å². The molecule has 0 atom stereocenters. The number of hydrogen-bond donors (Lipinski definition) is 1. The van der Waals surface area contributed by atoms with Crippen LogP contribution < -0.4 is 4.74 Å². The Hall–Kier alpha value is -1.26. The fraction of sp³-hybridized carbons (Fsp3) is 0.533. The first-order valence-corrected chi connectivity index (χ1v) is 7.26. The molecule has 1 saturated carbocycles. The number of carboxylic acids is 1. The highest BCUT2D eigenvalue weighted by Gasteiger charge is 2.24. The van der Waals surface area contributed by atoms with E-state index in [1.165, 1.54) is 12.8 Å². The van der Waals surface area contributed by atoms with E-state index in [1.54, 1.807) is 7.11 Å². The van der Waals surface area contributed by atoms with E-state index in [0.29, 0.717) is 23.4 Å². The molecule has 2 rings (SSSR count). The summed E-state index contributed by atoms with van der Waals surface area (Å²) < 4.78 is 5.13. The highest BCUT2D eigenvalue weighted by atomic mass is 35.5. The molecule has 0 unspecified atom stereocenters. The van der Waals surface area contributed by atoms with Crippen LogP contribution in [0.2, 0.25) is 5.02 Å². The molecule has 1 fully saturated rings. The molecule has 1 aliphatic carbocycles. The summed E-state index contributed by atoms with van der Waals surface area (Å²) in [5, 5.41) is 9.63. The second-order valence-corrected chi connectivity index (χ2v) is 5.61. The molecule has 0 radical (unpaired) electrons. The second kappa shape index (κ2) is 6.95. The van der Waals surface area contributed by atoms with Crippen molar-refractivity contribution in [2.45, 2.75) is 38.3 Å². The average Bonchev–Trinajstić information content (AvgIpc) is 2.91. The van der Waals surface area contributed by atoms with Crippen LogP contribution in [0, 0.1) is 0 Å². The van der Waals surface area contributed by atoms with Gasteiger partial charge in [0.05, 0.1) is 18.7 Å². The number of carbonyl (C=O) groups is 1. The van der Waals surface area contributed by atoms with Gasteiger partial charge in [0.15, 0.2) is 0 Å². The smallest absolute Gasteiger partial charge is 0.317 e. The molecule has 5 heteroatoms. The van der Waals surface area contributed by atoms with E-state index < -0.39 is 5.97 Å². The average molecular weight is 298 g/mol. The Morgan fingerprint density at radius 3 is 2.70 bits per heavy atom. The van der Waals surface area contributed by atoms with Crippen molar-refractivity contribution in [2.24, 2.45) is 0 Å². The van der Waals surface area contributed by atoms with Gasteiger partial charge in [-0.25, -0.2) is 0 Å². The fourth-order valence-corrected chi connectivity index (χ4v) is 3.08. The standard InChI is InChI=1S/C15H20ClNO3/c1-20-14-7-6-11(8-13(14)16)9-17(10-15(18)19)12-4-2-3-5-12/h6-8,12H,2-5,9-10H2,1H3,(H,18,19). The highest BCUT2D eigenvalue weighted by molar-refractivity contribution is 6.32. The molecule has 20 heavy (non-hydrogen) atoms. The SMILES string of the molecule is COc1ccc(CN(CC(=O)O)C2CCCC2)cc1Cl. The summed E-state index contributed by atoms with van der Waals surface area (Å²) in [5.74, 6) is -0.141. The Morgan fingerprint density at radius 1 is 1.45 bits per heavy atom.